The summed E-state index contributed by atoms with van der Waals surface area (Å²) in [5.74, 6) is 0.510. The van der Waals surface area contributed by atoms with Crippen molar-refractivity contribution in [3.8, 4) is 0 Å². The monoisotopic (exact) mass is 726 g/mol. The van der Waals surface area contributed by atoms with Crippen molar-refractivity contribution in [1.29, 1.82) is 0 Å². The van der Waals surface area contributed by atoms with Gasteiger partial charge in [-0.3, -0.25) is 9.59 Å². The molecule has 0 amide bonds. The van der Waals surface area contributed by atoms with Gasteiger partial charge in [-0.2, -0.15) is 13.8 Å². The van der Waals surface area contributed by atoms with Crippen molar-refractivity contribution >= 4 is 73.8 Å². The number of carbonyl (C=O) groups is 2. The Hall–Kier alpha value is -1.70. The van der Waals surface area contributed by atoms with Crippen molar-refractivity contribution in [2.45, 2.75) is 46.5 Å². The topological polar surface area (TPSA) is 43.4 Å². The quantitative estimate of drug-likeness (QED) is 0.120. The van der Waals surface area contributed by atoms with Gasteiger partial charge in [-0.1, -0.05) is 77.2 Å². The molecule has 0 unspecified atom stereocenters. The fourth-order valence-corrected chi connectivity index (χ4v) is 4.18. The van der Waals surface area contributed by atoms with E-state index in [0.717, 1.165) is 17.7 Å². The predicted molar refractivity (Wildman–Crippen MR) is 186 cm³/mol. The zero-order valence-electron chi connectivity index (χ0n) is 25.7. The van der Waals surface area contributed by atoms with Gasteiger partial charge in [0.05, 0.1) is 0 Å². The van der Waals surface area contributed by atoms with Crippen LogP contribution in [0.3, 0.4) is 0 Å². The summed E-state index contributed by atoms with van der Waals surface area (Å²) in [4.78, 5) is 24.2. The van der Waals surface area contributed by atoms with Gasteiger partial charge in [-0.25, -0.2) is 0 Å². The van der Waals surface area contributed by atoms with Crippen LogP contribution in [0, 0.1) is 6.42 Å². The average Bonchev–Trinajstić information content (AvgIpc) is 3.59. The average molecular weight is 729 g/mol. The van der Waals surface area contributed by atoms with Gasteiger partial charge >= 0.3 is 23.1 Å². The molecular formula is C36H38BrCl3MgO3. The fraction of sp³-hybridized carbons (Fsp3) is 0.250. The Morgan fingerprint density at radius 1 is 0.659 bits per heavy atom. The summed E-state index contributed by atoms with van der Waals surface area (Å²) in [6.45, 7) is 10.3. The zero-order chi connectivity index (χ0) is 30.9. The van der Waals surface area contributed by atoms with Gasteiger partial charge in [0.1, 0.15) is 0 Å². The van der Waals surface area contributed by atoms with Crippen molar-refractivity contribution in [2.75, 3.05) is 13.2 Å². The van der Waals surface area contributed by atoms with Gasteiger partial charge in [0.15, 0.2) is 11.6 Å². The summed E-state index contributed by atoms with van der Waals surface area (Å²) >= 11 is 14.9. The standard InChI is InChI=1S/C16H15ClO.C13H8BrClO.C4H8O.C3H7.ClH.Mg/c1-11(2)12-3-5-13(6-4-12)16(18)14-7-9-15(17)10-8-14;14-11-5-1-9(2-6-11)13(16)10-3-7-12(15)8-4-10;1-2-4-5-3-1;1-3-2;;/h3-11H,1-2H3;1-8H;1-4H2;3H,1-2H3;1H;/q;;;-1;;+2/p-1. The molecule has 0 bridgehead atoms. The van der Waals surface area contributed by atoms with Crippen LogP contribution in [0.2, 0.25) is 10.0 Å². The predicted octanol–water partition coefficient (Wildman–Crippen LogP) is 7.68. The zero-order valence-corrected chi connectivity index (χ0v) is 30.9. The van der Waals surface area contributed by atoms with E-state index in [1.165, 1.54) is 18.4 Å². The summed E-state index contributed by atoms with van der Waals surface area (Å²) < 4.78 is 5.90. The first-order valence-corrected chi connectivity index (χ1v) is 15.5. The van der Waals surface area contributed by atoms with Crippen LogP contribution in [-0.4, -0.2) is 47.8 Å². The molecule has 5 rings (SSSR count). The second-order valence-electron chi connectivity index (χ2n) is 9.85. The molecule has 0 N–H and O–H groups in total. The van der Waals surface area contributed by atoms with Crippen LogP contribution in [0.15, 0.2) is 102 Å². The second-order valence-corrected chi connectivity index (χ2v) is 11.6. The minimum Gasteiger partial charge on any atom is -1.00 e. The van der Waals surface area contributed by atoms with Gasteiger partial charge in [0.2, 0.25) is 0 Å². The van der Waals surface area contributed by atoms with E-state index in [1.54, 1.807) is 60.7 Å². The Balaban J connectivity index is 0.000000651. The third kappa shape index (κ3) is 15.5. The molecule has 0 radical (unpaired) electrons. The number of hydrogen-bond acceptors (Lipinski definition) is 3. The largest absolute Gasteiger partial charge is 2.00 e. The Bertz CT molecular complexity index is 1300. The number of hydrogen-bond donors (Lipinski definition) is 0. The van der Waals surface area contributed by atoms with E-state index >= 15 is 0 Å². The summed E-state index contributed by atoms with van der Waals surface area (Å²) in [5, 5.41) is 1.27. The molecule has 4 aromatic carbocycles. The summed E-state index contributed by atoms with van der Waals surface area (Å²) in [6.07, 6.45) is 4.56. The maximum absolute atomic E-state index is 12.2. The molecule has 1 aliphatic rings. The Morgan fingerprint density at radius 2 is 0.955 bits per heavy atom. The summed E-state index contributed by atoms with van der Waals surface area (Å²) in [7, 11) is 0. The van der Waals surface area contributed by atoms with Crippen LogP contribution in [0.5, 0.6) is 0 Å². The summed E-state index contributed by atoms with van der Waals surface area (Å²) in [5.41, 5.74) is 3.93. The number of ketones is 2. The number of benzene rings is 4. The molecular weight excluding hydrogens is 691 g/mol. The Kier molecular flexibility index (Phi) is 22.7. The van der Waals surface area contributed by atoms with Crippen molar-refractivity contribution in [3.05, 3.63) is 146 Å². The summed E-state index contributed by atoms with van der Waals surface area (Å²) in [6, 6.07) is 28.9. The van der Waals surface area contributed by atoms with Crippen LogP contribution in [0.25, 0.3) is 0 Å². The van der Waals surface area contributed by atoms with Gasteiger partial charge in [0, 0.05) is 50.0 Å². The number of ether oxygens (including phenoxy) is 1. The van der Waals surface area contributed by atoms with Crippen molar-refractivity contribution < 1.29 is 26.7 Å². The van der Waals surface area contributed by atoms with E-state index in [4.69, 9.17) is 27.9 Å². The smallest absolute Gasteiger partial charge is 1.00 e. The molecule has 230 valence electrons. The molecule has 1 aliphatic heterocycles. The van der Waals surface area contributed by atoms with E-state index in [9.17, 15) is 9.59 Å². The molecule has 0 aliphatic carbocycles. The van der Waals surface area contributed by atoms with Crippen molar-refractivity contribution in [1.82, 2.24) is 0 Å². The van der Waals surface area contributed by atoms with Gasteiger partial charge in [-0.15, -0.1) is 0 Å². The number of halogens is 4. The fourth-order valence-electron chi connectivity index (χ4n) is 3.67. The molecule has 0 atom stereocenters. The first-order chi connectivity index (χ1) is 20.2. The molecule has 1 saturated heterocycles. The van der Waals surface area contributed by atoms with Crippen molar-refractivity contribution in [3.63, 3.8) is 0 Å². The normalized spacial score (nSPS) is 11.2. The Labute approximate surface area is 303 Å². The molecule has 1 fully saturated rings. The van der Waals surface area contributed by atoms with E-state index in [2.05, 4.69) is 29.8 Å². The molecule has 0 spiro atoms. The van der Waals surface area contributed by atoms with Crippen LogP contribution in [0.4, 0.5) is 0 Å². The molecule has 0 saturated carbocycles. The number of rotatable bonds is 5. The van der Waals surface area contributed by atoms with E-state index in [-0.39, 0.29) is 47.0 Å². The molecule has 8 heteroatoms. The molecule has 3 nitrogen and oxygen atoms in total. The molecule has 0 aromatic heterocycles. The van der Waals surface area contributed by atoms with Gasteiger partial charge in [-0.05, 0) is 97.1 Å². The van der Waals surface area contributed by atoms with E-state index in [1.807, 2.05) is 56.7 Å². The van der Waals surface area contributed by atoms with E-state index in [0.29, 0.717) is 38.2 Å². The van der Waals surface area contributed by atoms with Crippen LogP contribution in [-0.2, 0) is 4.74 Å². The first-order valence-electron chi connectivity index (χ1n) is 13.9. The second kappa shape index (κ2) is 23.6. The first kappa shape index (κ1) is 42.3. The molecule has 1 heterocycles. The van der Waals surface area contributed by atoms with Crippen LogP contribution >= 0.6 is 39.1 Å². The third-order valence-electron chi connectivity index (χ3n) is 5.99. The SMILES string of the molecule is C1CCOC1.CC(C)c1ccc(C(=O)c2ccc(Cl)cc2)cc1.C[CH-]C.O=C(c1ccc(Cl)cc1)c1ccc(Br)cc1.[Cl-].[Mg+2]. The maximum atomic E-state index is 12.2. The van der Waals surface area contributed by atoms with Crippen LogP contribution < -0.4 is 12.4 Å². The maximum Gasteiger partial charge on any atom is 2.00 e. The Morgan fingerprint density at radius 3 is 1.23 bits per heavy atom. The van der Waals surface area contributed by atoms with E-state index < -0.39 is 0 Å². The minimum absolute atomic E-state index is 0. The molecule has 44 heavy (non-hydrogen) atoms. The minimum atomic E-state index is 0. The third-order valence-corrected chi connectivity index (χ3v) is 7.02. The van der Waals surface area contributed by atoms with Gasteiger partial charge < -0.3 is 23.6 Å². The molecule has 4 aromatic rings. The van der Waals surface area contributed by atoms with Crippen LogP contribution in [0.1, 0.15) is 83.9 Å². The van der Waals surface area contributed by atoms with Crippen molar-refractivity contribution in [2.24, 2.45) is 0 Å². The number of carbonyl (C=O) groups excluding carboxylic acids is 2. The van der Waals surface area contributed by atoms with Gasteiger partial charge in [0.25, 0.3) is 0 Å².